The van der Waals surface area contributed by atoms with Crippen molar-refractivity contribution in [1.29, 1.82) is 0 Å². The van der Waals surface area contributed by atoms with Crippen molar-refractivity contribution in [2.24, 2.45) is 0 Å². The van der Waals surface area contributed by atoms with E-state index in [2.05, 4.69) is 15.5 Å². The standard InChI is InChI=1S/C14H19N3O3/c18-11-16-13-3-1-12(2-4-13)14(19)15-5-6-17-7-9-20-10-8-17/h1-4,11H,5-10H2,(H,15,19)(H,16,18). The van der Waals surface area contributed by atoms with Crippen molar-refractivity contribution in [3.63, 3.8) is 0 Å². The number of ether oxygens (including phenoxy) is 1. The Morgan fingerprint density at radius 1 is 1.25 bits per heavy atom. The summed E-state index contributed by atoms with van der Waals surface area (Å²) in [7, 11) is 0. The van der Waals surface area contributed by atoms with Gasteiger partial charge in [0.2, 0.25) is 6.41 Å². The third-order valence-electron chi connectivity index (χ3n) is 3.19. The van der Waals surface area contributed by atoms with Crippen LogP contribution in [0, 0.1) is 0 Å². The van der Waals surface area contributed by atoms with E-state index in [1.54, 1.807) is 24.3 Å². The lowest BCUT2D eigenvalue weighted by Gasteiger charge is -2.26. The third kappa shape index (κ3) is 4.32. The highest BCUT2D eigenvalue weighted by atomic mass is 16.5. The second-order valence-corrected chi connectivity index (χ2v) is 4.55. The molecule has 1 aliphatic heterocycles. The predicted molar refractivity (Wildman–Crippen MR) is 75.7 cm³/mol. The highest BCUT2D eigenvalue weighted by Gasteiger charge is 2.10. The Morgan fingerprint density at radius 3 is 2.60 bits per heavy atom. The van der Waals surface area contributed by atoms with E-state index >= 15 is 0 Å². The van der Waals surface area contributed by atoms with Gasteiger partial charge < -0.3 is 15.4 Å². The summed E-state index contributed by atoms with van der Waals surface area (Å²) < 4.78 is 5.27. The first kappa shape index (κ1) is 14.5. The molecule has 0 atom stereocenters. The molecule has 1 aliphatic rings. The number of hydrogen-bond acceptors (Lipinski definition) is 4. The molecule has 0 aliphatic carbocycles. The van der Waals surface area contributed by atoms with Gasteiger partial charge in [0.1, 0.15) is 0 Å². The minimum absolute atomic E-state index is 0.101. The van der Waals surface area contributed by atoms with Gasteiger partial charge in [-0.3, -0.25) is 14.5 Å². The summed E-state index contributed by atoms with van der Waals surface area (Å²) in [5, 5.41) is 5.42. The molecule has 6 nitrogen and oxygen atoms in total. The number of morpholine rings is 1. The van der Waals surface area contributed by atoms with Crippen LogP contribution < -0.4 is 10.6 Å². The Kier molecular flexibility index (Phi) is 5.52. The molecule has 0 radical (unpaired) electrons. The Balaban J connectivity index is 1.74. The summed E-state index contributed by atoms with van der Waals surface area (Å²) in [6.07, 6.45) is 0.609. The van der Waals surface area contributed by atoms with Crippen molar-refractivity contribution in [3.05, 3.63) is 29.8 Å². The van der Waals surface area contributed by atoms with Crippen molar-refractivity contribution < 1.29 is 14.3 Å². The van der Waals surface area contributed by atoms with Crippen LogP contribution >= 0.6 is 0 Å². The van der Waals surface area contributed by atoms with Gasteiger partial charge in [-0.25, -0.2) is 0 Å². The Labute approximate surface area is 118 Å². The zero-order valence-electron chi connectivity index (χ0n) is 11.3. The van der Waals surface area contributed by atoms with Crippen LogP contribution in [0.4, 0.5) is 5.69 Å². The number of nitrogens with zero attached hydrogens (tertiary/aromatic N) is 1. The van der Waals surface area contributed by atoms with E-state index in [0.717, 1.165) is 32.8 Å². The highest BCUT2D eigenvalue weighted by Crippen LogP contribution is 2.08. The number of carbonyl (C=O) groups excluding carboxylic acids is 2. The molecule has 1 aromatic carbocycles. The van der Waals surface area contributed by atoms with E-state index < -0.39 is 0 Å². The minimum atomic E-state index is -0.101. The fraction of sp³-hybridized carbons (Fsp3) is 0.429. The highest BCUT2D eigenvalue weighted by molar-refractivity contribution is 5.94. The quantitative estimate of drug-likeness (QED) is 0.735. The maximum Gasteiger partial charge on any atom is 0.251 e. The number of carbonyl (C=O) groups is 2. The predicted octanol–water partition coefficient (Wildman–Crippen LogP) is 0.317. The molecule has 0 bridgehead atoms. The molecule has 0 saturated carbocycles. The molecule has 2 N–H and O–H groups in total. The zero-order chi connectivity index (χ0) is 14.2. The first-order valence-electron chi connectivity index (χ1n) is 6.68. The molecule has 1 aromatic rings. The third-order valence-corrected chi connectivity index (χ3v) is 3.19. The van der Waals surface area contributed by atoms with Gasteiger partial charge >= 0.3 is 0 Å². The first-order chi connectivity index (χ1) is 9.79. The van der Waals surface area contributed by atoms with Crippen molar-refractivity contribution >= 4 is 18.0 Å². The second kappa shape index (κ2) is 7.62. The molecule has 1 heterocycles. The molecule has 108 valence electrons. The average Bonchev–Trinajstić information content (AvgIpc) is 2.49. The lowest BCUT2D eigenvalue weighted by atomic mass is 10.2. The zero-order valence-corrected chi connectivity index (χ0v) is 11.3. The number of benzene rings is 1. The summed E-state index contributed by atoms with van der Waals surface area (Å²) in [6, 6.07) is 6.78. The van der Waals surface area contributed by atoms with E-state index in [0.29, 0.717) is 24.2 Å². The average molecular weight is 277 g/mol. The van der Waals surface area contributed by atoms with Crippen LogP contribution in [0.25, 0.3) is 0 Å². The minimum Gasteiger partial charge on any atom is -0.379 e. The summed E-state index contributed by atoms with van der Waals surface area (Å²) in [4.78, 5) is 24.5. The Hall–Kier alpha value is -1.92. The van der Waals surface area contributed by atoms with Crippen LogP contribution in [-0.4, -0.2) is 56.6 Å². The molecular formula is C14H19N3O3. The Bertz CT molecular complexity index is 441. The normalized spacial score (nSPS) is 15.6. The molecule has 6 heteroatoms. The van der Waals surface area contributed by atoms with Gasteiger partial charge in [-0.1, -0.05) is 0 Å². The second-order valence-electron chi connectivity index (χ2n) is 4.55. The molecule has 1 saturated heterocycles. The fourth-order valence-electron chi connectivity index (χ4n) is 2.04. The maximum absolute atomic E-state index is 11.9. The summed E-state index contributed by atoms with van der Waals surface area (Å²) in [5.74, 6) is -0.101. The van der Waals surface area contributed by atoms with Gasteiger partial charge in [0, 0.05) is 37.4 Å². The van der Waals surface area contributed by atoms with Crippen molar-refractivity contribution in [3.8, 4) is 0 Å². The molecule has 2 rings (SSSR count). The molecule has 20 heavy (non-hydrogen) atoms. The van der Waals surface area contributed by atoms with Gasteiger partial charge in [0.05, 0.1) is 13.2 Å². The number of rotatable bonds is 6. The van der Waals surface area contributed by atoms with Crippen LogP contribution in [0.5, 0.6) is 0 Å². The van der Waals surface area contributed by atoms with Crippen molar-refractivity contribution in [1.82, 2.24) is 10.2 Å². The van der Waals surface area contributed by atoms with Gasteiger partial charge in [-0.05, 0) is 24.3 Å². The van der Waals surface area contributed by atoms with Gasteiger partial charge in [0.15, 0.2) is 0 Å². The molecule has 0 unspecified atom stereocenters. The lowest BCUT2D eigenvalue weighted by molar-refractivity contribution is -0.105. The van der Waals surface area contributed by atoms with Gasteiger partial charge in [0.25, 0.3) is 5.91 Å². The molecule has 2 amide bonds. The maximum atomic E-state index is 11.9. The van der Waals surface area contributed by atoms with E-state index in [1.165, 1.54) is 0 Å². The molecule has 0 spiro atoms. The molecule has 1 fully saturated rings. The largest absolute Gasteiger partial charge is 0.379 e. The van der Waals surface area contributed by atoms with Crippen molar-refractivity contribution in [2.75, 3.05) is 44.7 Å². The van der Waals surface area contributed by atoms with Crippen LogP contribution in [0.3, 0.4) is 0 Å². The van der Waals surface area contributed by atoms with Crippen LogP contribution in [0.1, 0.15) is 10.4 Å². The Morgan fingerprint density at radius 2 is 1.95 bits per heavy atom. The first-order valence-corrected chi connectivity index (χ1v) is 6.68. The summed E-state index contributed by atoms with van der Waals surface area (Å²) >= 11 is 0. The van der Waals surface area contributed by atoms with Gasteiger partial charge in [-0.15, -0.1) is 0 Å². The fourth-order valence-corrected chi connectivity index (χ4v) is 2.04. The summed E-state index contributed by atoms with van der Waals surface area (Å²) in [6.45, 7) is 4.81. The van der Waals surface area contributed by atoms with E-state index in [9.17, 15) is 9.59 Å². The molecular weight excluding hydrogens is 258 g/mol. The number of amides is 2. The topological polar surface area (TPSA) is 70.7 Å². The van der Waals surface area contributed by atoms with Gasteiger partial charge in [-0.2, -0.15) is 0 Å². The van der Waals surface area contributed by atoms with E-state index in [1.807, 2.05) is 0 Å². The number of nitrogens with one attached hydrogen (secondary N) is 2. The van der Waals surface area contributed by atoms with E-state index in [-0.39, 0.29) is 5.91 Å². The number of anilines is 1. The smallest absolute Gasteiger partial charge is 0.251 e. The molecule has 0 aromatic heterocycles. The lowest BCUT2D eigenvalue weighted by Crippen LogP contribution is -2.41. The van der Waals surface area contributed by atoms with Crippen LogP contribution in [0.2, 0.25) is 0 Å². The van der Waals surface area contributed by atoms with Crippen molar-refractivity contribution in [2.45, 2.75) is 0 Å². The SMILES string of the molecule is O=CNc1ccc(C(=O)NCCN2CCOCC2)cc1. The van der Waals surface area contributed by atoms with Crippen LogP contribution in [-0.2, 0) is 9.53 Å². The summed E-state index contributed by atoms with van der Waals surface area (Å²) in [5.41, 5.74) is 1.26. The van der Waals surface area contributed by atoms with Crippen LogP contribution in [0.15, 0.2) is 24.3 Å². The van der Waals surface area contributed by atoms with E-state index in [4.69, 9.17) is 4.74 Å². The number of hydrogen-bond donors (Lipinski definition) is 2. The monoisotopic (exact) mass is 277 g/mol.